The third kappa shape index (κ3) is 1.51. The molecule has 0 aliphatic heterocycles. The van der Waals surface area contributed by atoms with Crippen LogP contribution in [0.2, 0.25) is 5.02 Å². The normalized spacial score (nSPS) is 10.9. The summed E-state index contributed by atoms with van der Waals surface area (Å²) < 4.78 is 5.35. The predicted molar refractivity (Wildman–Crippen MR) is 59.2 cm³/mol. The Morgan fingerprint density at radius 2 is 2.19 bits per heavy atom. The van der Waals surface area contributed by atoms with Crippen molar-refractivity contribution in [3.63, 3.8) is 0 Å². The van der Waals surface area contributed by atoms with E-state index in [2.05, 4.69) is 0 Å². The minimum atomic E-state index is -1.26. The zero-order chi connectivity index (χ0) is 11.9. The van der Waals surface area contributed by atoms with Crippen LogP contribution in [0.25, 0.3) is 11.0 Å². The molecular weight excluding hydrogens is 232 g/mol. The Bertz CT molecular complexity index is 571. The zero-order valence-electron chi connectivity index (χ0n) is 8.45. The van der Waals surface area contributed by atoms with Crippen molar-refractivity contribution in [2.45, 2.75) is 13.3 Å². The molecular formula is C11H9ClO4. The van der Waals surface area contributed by atoms with Crippen molar-refractivity contribution in [1.82, 2.24) is 0 Å². The molecule has 0 saturated heterocycles. The molecule has 2 rings (SSSR count). The van der Waals surface area contributed by atoms with Crippen LogP contribution in [0.4, 0.5) is 0 Å². The van der Waals surface area contributed by atoms with Gasteiger partial charge in [0.25, 0.3) is 0 Å². The van der Waals surface area contributed by atoms with Crippen molar-refractivity contribution in [2.24, 2.45) is 0 Å². The zero-order valence-corrected chi connectivity index (χ0v) is 9.21. The van der Waals surface area contributed by atoms with Crippen molar-refractivity contribution in [2.75, 3.05) is 0 Å². The Morgan fingerprint density at radius 1 is 1.50 bits per heavy atom. The molecule has 1 aromatic heterocycles. The van der Waals surface area contributed by atoms with E-state index >= 15 is 0 Å². The topological polar surface area (TPSA) is 70.7 Å². The molecule has 1 heterocycles. The lowest BCUT2D eigenvalue weighted by Crippen LogP contribution is -1.97. The van der Waals surface area contributed by atoms with E-state index in [1.165, 1.54) is 6.07 Å². The first kappa shape index (κ1) is 10.8. The number of benzene rings is 1. The van der Waals surface area contributed by atoms with Crippen LogP contribution in [-0.2, 0) is 6.42 Å². The van der Waals surface area contributed by atoms with Crippen molar-refractivity contribution in [1.29, 1.82) is 0 Å². The Morgan fingerprint density at radius 3 is 2.75 bits per heavy atom. The molecule has 0 spiro atoms. The van der Waals surface area contributed by atoms with Crippen LogP contribution in [0.5, 0.6) is 5.75 Å². The van der Waals surface area contributed by atoms with E-state index in [1.54, 1.807) is 6.07 Å². The highest BCUT2D eigenvalue weighted by Gasteiger charge is 2.21. The second-order valence-corrected chi connectivity index (χ2v) is 3.78. The molecule has 2 aromatic rings. The van der Waals surface area contributed by atoms with E-state index in [0.717, 1.165) is 0 Å². The maximum absolute atomic E-state index is 11.0. The highest BCUT2D eigenvalue weighted by Crippen LogP contribution is 2.36. The third-order valence-electron chi connectivity index (χ3n) is 2.35. The van der Waals surface area contributed by atoms with Gasteiger partial charge in [-0.1, -0.05) is 18.5 Å². The SMILES string of the molecule is CCc1cc2cc(Cl)c(O)c(C(=O)O)c2o1. The number of furan rings is 1. The molecule has 4 nitrogen and oxygen atoms in total. The average molecular weight is 241 g/mol. The predicted octanol–water partition coefficient (Wildman–Crippen LogP) is 3.05. The highest BCUT2D eigenvalue weighted by atomic mass is 35.5. The molecule has 0 saturated carbocycles. The van der Waals surface area contributed by atoms with Gasteiger partial charge in [0.1, 0.15) is 11.3 Å². The van der Waals surface area contributed by atoms with Crippen LogP contribution >= 0.6 is 11.6 Å². The number of hydrogen-bond donors (Lipinski definition) is 2. The number of hydrogen-bond acceptors (Lipinski definition) is 3. The lowest BCUT2D eigenvalue weighted by molar-refractivity contribution is 0.0694. The van der Waals surface area contributed by atoms with E-state index in [4.69, 9.17) is 21.1 Å². The van der Waals surface area contributed by atoms with Crippen LogP contribution in [-0.4, -0.2) is 16.2 Å². The summed E-state index contributed by atoms with van der Waals surface area (Å²) in [4.78, 5) is 11.0. The summed E-state index contributed by atoms with van der Waals surface area (Å²) in [6.45, 7) is 1.89. The van der Waals surface area contributed by atoms with Gasteiger partial charge in [-0.25, -0.2) is 4.79 Å². The molecule has 0 fully saturated rings. The van der Waals surface area contributed by atoms with Crippen molar-refractivity contribution < 1.29 is 19.4 Å². The Kier molecular flexibility index (Phi) is 2.52. The molecule has 5 heteroatoms. The molecule has 0 aliphatic rings. The van der Waals surface area contributed by atoms with Gasteiger partial charge in [-0.15, -0.1) is 0 Å². The first-order valence-electron chi connectivity index (χ1n) is 4.71. The number of aromatic hydroxyl groups is 1. The molecule has 2 N–H and O–H groups in total. The number of halogens is 1. The van der Waals surface area contributed by atoms with Crippen LogP contribution in [0.3, 0.4) is 0 Å². The number of carboxylic acids is 1. The van der Waals surface area contributed by atoms with Gasteiger partial charge in [-0.05, 0) is 12.1 Å². The van der Waals surface area contributed by atoms with E-state index in [1.807, 2.05) is 6.92 Å². The van der Waals surface area contributed by atoms with Crippen LogP contribution in [0.1, 0.15) is 23.0 Å². The fourth-order valence-corrected chi connectivity index (χ4v) is 1.78. The summed E-state index contributed by atoms with van der Waals surface area (Å²) in [6.07, 6.45) is 0.645. The van der Waals surface area contributed by atoms with Gasteiger partial charge >= 0.3 is 5.97 Å². The van der Waals surface area contributed by atoms with Gasteiger partial charge < -0.3 is 14.6 Å². The summed E-state index contributed by atoms with van der Waals surface area (Å²) in [5.74, 6) is -1.07. The Labute approximate surface area is 96.1 Å². The number of carboxylic acid groups (broad SMARTS) is 1. The minimum absolute atomic E-state index is 0.00773. The molecule has 0 aliphatic carbocycles. The lowest BCUT2D eigenvalue weighted by Gasteiger charge is -2.02. The number of rotatable bonds is 2. The first-order chi connectivity index (χ1) is 7.54. The molecule has 0 amide bonds. The maximum Gasteiger partial charge on any atom is 0.343 e. The first-order valence-corrected chi connectivity index (χ1v) is 5.09. The van der Waals surface area contributed by atoms with Crippen molar-refractivity contribution in [3.8, 4) is 5.75 Å². The molecule has 0 bridgehead atoms. The summed E-state index contributed by atoms with van der Waals surface area (Å²) in [7, 11) is 0. The number of fused-ring (bicyclic) bond motifs is 1. The van der Waals surface area contributed by atoms with Crippen molar-refractivity contribution in [3.05, 3.63) is 28.5 Å². The van der Waals surface area contributed by atoms with E-state index < -0.39 is 11.7 Å². The second-order valence-electron chi connectivity index (χ2n) is 3.37. The van der Waals surface area contributed by atoms with Crippen LogP contribution in [0, 0.1) is 0 Å². The molecule has 0 radical (unpaired) electrons. The number of carbonyl (C=O) groups is 1. The number of aryl methyl sites for hydroxylation is 1. The Balaban J connectivity index is 2.86. The van der Waals surface area contributed by atoms with E-state index in [9.17, 15) is 9.90 Å². The third-order valence-corrected chi connectivity index (χ3v) is 2.63. The molecule has 0 unspecified atom stereocenters. The minimum Gasteiger partial charge on any atom is -0.505 e. The fraction of sp³-hybridized carbons (Fsp3) is 0.182. The molecule has 0 atom stereocenters. The van der Waals surface area contributed by atoms with Gasteiger partial charge in [0.15, 0.2) is 11.3 Å². The lowest BCUT2D eigenvalue weighted by atomic mass is 10.1. The molecule has 16 heavy (non-hydrogen) atoms. The largest absolute Gasteiger partial charge is 0.505 e. The molecule has 84 valence electrons. The monoisotopic (exact) mass is 240 g/mol. The van der Waals surface area contributed by atoms with Crippen molar-refractivity contribution >= 4 is 28.5 Å². The number of phenols is 1. The highest BCUT2D eigenvalue weighted by molar-refractivity contribution is 6.33. The number of aromatic carboxylic acids is 1. The second kappa shape index (κ2) is 3.72. The average Bonchev–Trinajstić information content (AvgIpc) is 2.61. The Hall–Kier alpha value is -1.68. The molecule has 1 aromatic carbocycles. The van der Waals surface area contributed by atoms with Crippen LogP contribution in [0.15, 0.2) is 16.5 Å². The van der Waals surface area contributed by atoms with Gasteiger partial charge in [-0.3, -0.25) is 0 Å². The van der Waals surface area contributed by atoms with Gasteiger partial charge in [-0.2, -0.15) is 0 Å². The maximum atomic E-state index is 11.0. The summed E-state index contributed by atoms with van der Waals surface area (Å²) in [5.41, 5.74) is -0.131. The van der Waals surface area contributed by atoms with E-state index in [0.29, 0.717) is 17.6 Å². The van der Waals surface area contributed by atoms with Gasteiger partial charge in [0, 0.05) is 11.8 Å². The van der Waals surface area contributed by atoms with E-state index in [-0.39, 0.29) is 16.2 Å². The fourth-order valence-electron chi connectivity index (χ4n) is 1.57. The quantitative estimate of drug-likeness (QED) is 0.846. The smallest absolute Gasteiger partial charge is 0.343 e. The van der Waals surface area contributed by atoms with Crippen LogP contribution < -0.4 is 0 Å². The summed E-state index contributed by atoms with van der Waals surface area (Å²) in [5, 5.41) is 19.2. The summed E-state index contributed by atoms with van der Waals surface area (Å²) >= 11 is 5.73. The summed E-state index contributed by atoms with van der Waals surface area (Å²) in [6, 6.07) is 3.20. The van der Waals surface area contributed by atoms with Gasteiger partial charge in [0.05, 0.1) is 5.02 Å². The standard InChI is InChI=1S/C11H9ClO4/c1-2-6-3-5-4-7(12)9(13)8(11(14)15)10(5)16-6/h3-4,13H,2H2,1H3,(H,14,15). The van der Waals surface area contributed by atoms with Gasteiger partial charge in [0.2, 0.25) is 0 Å².